The summed E-state index contributed by atoms with van der Waals surface area (Å²) in [5, 5.41) is 20.1. The molecule has 1 rings (SSSR count). The van der Waals surface area contributed by atoms with Gasteiger partial charge in [-0.15, -0.1) is 0 Å². The summed E-state index contributed by atoms with van der Waals surface area (Å²) in [5.41, 5.74) is 6.69. The monoisotopic (exact) mass is 267 g/mol. The molecule has 3 atom stereocenters. The Morgan fingerprint density at radius 2 is 2.05 bits per heavy atom. The van der Waals surface area contributed by atoms with Crippen LogP contribution in [0.3, 0.4) is 0 Å². The van der Waals surface area contributed by atoms with Gasteiger partial charge in [0, 0.05) is 11.6 Å². The van der Waals surface area contributed by atoms with Crippen molar-refractivity contribution in [2.45, 2.75) is 51.2 Å². The molecule has 4 nitrogen and oxygen atoms in total. The van der Waals surface area contributed by atoms with Crippen molar-refractivity contribution in [1.29, 1.82) is 0 Å². The van der Waals surface area contributed by atoms with Crippen LogP contribution >= 0.6 is 0 Å². The fourth-order valence-corrected chi connectivity index (χ4v) is 2.29. The van der Waals surface area contributed by atoms with Gasteiger partial charge in [0.25, 0.3) is 0 Å². The molecule has 0 heterocycles. The van der Waals surface area contributed by atoms with E-state index in [0.29, 0.717) is 12.2 Å². The first-order chi connectivity index (χ1) is 9.01. The van der Waals surface area contributed by atoms with Gasteiger partial charge in [0.15, 0.2) is 11.5 Å². The van der Waals surface area contributed by atoms with E-state index in [0.717, 1.165) is 18.4 Å². The Morgan fingerprint density at radius 1 is 1.37 bits per heavy atom. The number of aliphatic hydroxyl groups is 1. The number of phenols is 1. The third-order valence-corrected chi connectivity index (χ3v) is 3.49. The molecule has 4 N–H and O–H groups in total. The van der Waals surface area contributed by atoms with Crippen LogP contribution in [0, 0.1) is 0 Å². The van der Waals surface area contributed by atoms with Gasteiger partial charge in [0.2, 0.25) is 0 Å². The number of rotatable bonds is 7. The lowest BCUT2D eigenvalue weighted by Gasteiger charge is -2.22. The zero-order valence-corrected chi connectivity index (χ0v) is 12.0. The molecule has 0 radical (unpaired) electrons. The van der Waals surface area contributed by atoms with Gasteiger partial charge in [0.05, 0.1) is 13.2 Å². The molecule has 0 saturated carbocycles. The van der Waals surface area contributed by atoms with Crippen molar-refractivity contribution in [3.8, 4) is 11.5 Å². The van der Waals surface area contributed by atoms with Crippen LogP contribution in [-0.4, -0.2) is 29.5 Å². The highest BCUT2D eigenvalue weighted by Crippen LogP contribution is 2.36. The predicted molar refractivity (Wildman–Crippen MR) is 76.6 cm³/mol. The molecule has 0 aliphatic heterocycles. The van der Waals surface area contributed by atoms with E-state index in [9.17, 15) is 10.2 Å². The quantitative estimate of drug-likeness (QED) is 0.709. The minimum atomic E-state index is -0.555. The van der Waals surface area contributed by atoms with Crippen molar-refractivity contribution < 1.29 is 14.9 Å². The first kappa shape index (κ1) is 15.8. The van der Waals surface area contributed by atoms with Crippen LogP contribution < -0.4 is 10.5 Å². The number of phenolic OH excluding ortho intramolecular Hbond substituents is 1. The molecule has 0 spiro atoms. The SMILES string of the molecule is CCCC(N)C(O)CC(C)c1cccc(OC)c1O. The lowest BCUT2D eigenvalue weighted by atomic mass is 9.90. The second kappa shape index (κ2) is 7.36. The Bertz CT molecular complexity index is 395. The number of nitrogens with two attached hydrogens (primary N) is 1. The average Bonchev–Trinajstić information content (AvgIpc) is 2.39. The van der Waals surface area contributed by atoms with Gasteiger partial charge in [0.1, 0.15) is 0 Å². The van der Waals surface area contributed by atoms with Crippen LogP contribution in [0.1, 0.15) is 44.6 Å². The predicted octanol–water partition coefficient (Wildman–Crippen LogP) is 2.38. The molecule has 1 aromatic rings. The molecular weight excluding hydrogens is 242 g/mol. The number of aromatic hydroxyl groups is 1. The highest BCUT2D eigenvalue weighted by molar-refractivity contribution is 5.46. The second-order valence-corrected chi connectivity index (χ2v) is 5.05. The lowest BCUT2D eigenvalue weighted by molar-refractivity contribution is 0.123. The third-order valence-electron chi connectivity index (χ3n) is 3.49. The van der Waals surface area contributed by atoms with Gasteiger partial charge >= 0.3 is 0 Å². The van der Waals surface area contributed by atoms with E-state index in [1.807, 2.05) is 26.0 Å². The van der Waals surface area contributed by atoms with Gasteiger partial charge < -0.3 is 20.7 Å². The Kier molecular flexibility index (Phi) is 6.12. The maximum absolute atomic E-state index is 10.1. The minimum Gasteiger partial charge on any atom is -0.504 e. The molecule has 108 valence electrons. The summed E-state index contributed by atoms with van der Waals surface area (Å²) in [5.74, 6) is 0.624. The molecule has 0 fully saturated rings. The van der Waals surface area contributed by atoms with Crippen LogP contribution in [0.2, 0.25) is 0 Å². The van der Waals surface area contributed by atoms with Crippen molar-refractivity contribution in [2.24, 2.45) is 5.73 Å². The number of benzene rings is 1. The number of hydrogen-bond donors (Lipinski definition) is 3. The normalized spacial score (nSPS) is 15.8. The minimum absolute atomic E-state index is 0.0213. The lowest BCUT2D eigenvalue weighted by Crippen LogP contribution is -2.35. The van der Waals surface area contributed by atoms with Crippen LogP contribution in [0.25, 0.3) is 0 Å². The Balaban J connectivity index is 2.75. The summed E-state index contributed by atoms with van der Waals surface area (Å²) in [6.07, 6.45) is 1.73. The first-order valence-corrected chi connectivity index (χ1v) is 6.80. The third kappa shape index (κ3) is 4.11. The summed E-state index contributed by atoms with van der Waals surface area (Å²) in [4.78, 5) is 0. The molecule has 3 unspecified atom stereocenters. The van der Waals surface area contributed by atoms with Crippen LogP contribution in [0.15, 0.2) is 18.2 Å². The molecule has 0 saturated heterocycles. The number of para-hydroxylation sites is 1. The molecule has 4 heteroatoms. The molecule has 0 aliphatic carbocycles. The van der Waals surface area contributed by atoms with E-state index >= 15 is 0 Å². The Morgan fingerprint density at radius 3 is 2.63 bits per heavy atom. The molecule has 1 aromatic carbocycles. The van der Waals surface area contributed by atoms with Gasteiger partial charge in [-0.05, 0) is 24.8 Å². The smallest absolute Gasteiger partial charge is 0.161 e. The van der Waals surface area contributed by atoms with Crippen molar-refractivity contribution in [3.63, 3.8) is 0 Å². The van der Waals surface area contributed by atoms with Crippen molar-refractivity contribution >= 4 is 0 Å². The molecule has 0 aromatic heterocycles. The Labute approximate surface area is 115 Å². The molecule has 0 bridgehead atoms. The van der Waals surface area contributed by atoms with Crippen LogP contribution in [0.4, 0.5) is 0 Å². The Hall–Kier alpha value is -1.26. The highest BCUT2D eigenvalue weighted by atomic mass is 16.5. The summed E-state index contributed by atoms with van der Waals surface area (Å²) in [7, 11) is 1.52. The summed E-state index contributed by atoms with van der Waals surface area (Å²) < 4.78 is 5.09. The van der Waals surface area contributed by atoms with Gasteiger partial charge in [-0.2, -0.15) is 0 Å². The number of aliphatic hydroxyl groups excluding tert-OH is 1. The standard InChI is InChI=1S/C15H25NO3/c1-4-6-12(16)13(17)9-10(2)11-7-5-8-14(19-3)15(11)18/h5,7-8,10,12-13,17-18H,4,6,9,16H2,1-3H3. The van der Waals surface area contributed by atoms with Crippen molar-refractivity contribution in [1.82, 2.24) is 0 Å². The molecule has 19 heavy (non-hydrogen) atoms. The maximum atomic E-state index is 10.1. The topological polar surface area (TPSA) is 75.7 Å². The molecular formula is C15H25NO3. The second-order valence-electron chi connectivity index (χ2n) is 5.05. The molecule has 0 amide bonds. The highest BCUT2D eigenvalue weighted by Gasteiger charge is 2.21. The fourth-order valence-electron chi connectivity index (χ4n) is 2.29. The van der Waals surface area contributed by atoms with Crippen molar-refractivity contribution in [2.75, 3.05) is 7.11 Å². The van der Waals surface area contributed by atoms with Gasteiger partial charge in [-0.3, -0.25) is 0 Å². The summed E-state index contributed by atoms with van der Waals surface area (Å²) in [6, 6.07) is 5.19. The van der Waals surface area contributed by atoms with E-state index in [2.05, 4.69) is 0 Å². The number of hydrogen-bond acceptors (Lipinski definition) is 4. The van der Waals surface area contributed by atoms with Gasteiger partial charge in [-0.1, -0.05) is 32.4 Å². The number of methoxy groups -OCH3 is 1. The van der Waals surface area contributed by atoms with E-state index in [-0.39, 0.29) is 17.7 Å². The fraction of sp³-hybridized carbons (Fsp3) is 0.600. The van der Waals surface area contributed by atoms with Crippen molar-refractivity contribution in [3.05, 3.63) is 23.8 Å². The summed E-state index contributed by atoms with van der Waals surface area (Å²) in [6.45, 7) is 4.01. The zero-order chi connectivity index (χ0) is 14.4. The van der Waals surface area contributed by atoms with E-state index < -0.39 is 6.10 Å². The van der Waals surface area contributed by atoms with Crippen LogP contribution in [-0.2, 0) is 0 Å². The average molecular weight is 267 g/mol. The first-order valence-electron chi connectivity index (χ1n) is 6.80. The summed E-state index contributed by atoms with van der Waals surface area (Å²) >= 11 is 0. The largest absolute Gasteiger partial charge is 0.504 e. The maximum Gasteiger partial charge on any atom is 0.161 e. The van der Waals surface area contributed by atoms with E-state index in [1.165, 1.54) is 7.11 Å². The molecule has 0 aliphatic rings. The zero-order valence-electron chi connectivity index (χ0n) is 12.0. The van der Waals surface area contributed by atoms with E-state index in [1.54, 1.807) is 6.07 Å². The van der Waals surface area contributed by atoms with Crippen LogP contribution in [0.5, 0.6) is 11.5 Å². The van der Waals surface area contributed by atoms with E-state index in [4.69, 9.17) is 10.5 Å². The number of ether oxygens (including phenoxy) is 1. The van der Waals surface area contributed by atoms with Gasteiger partial charge in [-0.25, -0.2) is 0 Å².